The third kappa shape index (κ3) is 2.67. The molecule has 0 aliphatic carbocycles. The van der Waals surface area contributed by atoms with Crippen LogP contribution in [-0.2, 0) is 0 Å². The number of aliphatic hydroxyl groups is 1. The molecule has 0 aromatic heterocycles. The lowest BCUT2D eigenvalue weighted by atomic mass is 10.2. The summed E-state index contributed by atoms with van der Waals surface area (Å²) in [5.41, 5.74) is 0. The summed E-state index contributed by atoms with van der Waals surface area (Å²) in [4.78, 5) is 0. The Kier molecular flexibility index (Phi) is 2.78. The Morgan fingerprint density at radius 3 is 2.67 bits per heavy atom. The minimum atomic E-state index is -0.694. The van der Waals surface area contributed by atoms with Gasteiger partial charge in [0.05, 0.1) is 0 Å². The highest BCUT2D eigenvalue weighted by molar-refractivity contribution is 9.09. The topological polar surface area (TPSA) is 20.2 Å². The first-order chi connectivity index (χ1) is 3.12. The Hall–Kier alpha value is 0.440. The monoisotopic (exact) mass is 153 g/mol. The van der Waals surface area contributed by atoms with Crippen molar-refractivity contribution in [1.29, 1.82) is 0 Å². The molecule has 0 aromatic carbocycles. The van der Waals surface area contributed by atoms with Gasteiger partial charge in [-0.2, -0.15) is 0 Å². The van der Waals surface area contributed by atoms with E-state index in [1.165, 1.54) is 0 Å². The zero-order valence-electron chi connectivity index (χ0n) is 4.74. The number of hydrogen-bond donors (Lipinski definition) is 1. The van der Waals surface area contributed by atoms with E-state index in [-0.39, 0.29) is 6.61 Å². The van der Waals surface area contributed by atoms with Crippen LogP contribution in [0.25, 0.3) is 0 Å². The summed E-state index contributed by atoms with van der Waals surface area (Å²) >= 11 is 3.08. The quantitative estimate of drug-likeness (QED) is 0.588. The van der Waals surface area contributed by atoms with Crippen molar-refractivity contribution in [3.63, 3.8) is 0 Å². The summed E-state index contributed by atoms with van der Waals surface area (Å²) < 4.78 is 7.13. The molecule has 0 bridgehead atoms. The molecule has 1 atom stereocenters. The third-order valence-corrected chi connectivity index (χ3v) is 1.46. The molecule has 0 aliphatic rings. The number of aliphatic hydroxyl groups excluding tert-OH is 1. The molecule has 0 saturated carbocycles. The van der Waals surface area contributed by atoms with Crippen LogP contribution in [0, 0.1) is 5.89 Å². The van der Waals surface area contributed by atoms with Crippen LogP contribution in [0.3, 0.4) is 0 Å². The van der Waals surface area contributed by atoms with Crippen molar-refractivity contribution >= 4 is 15.9 Å². The lowest BCUT2D eigenvalue weighted by molar-refractivity contribution is 0.251. The van der Waals surface area contributed by atoms with Crippen LogP contribution in [0.4, 0.5) is 0 Å². The Bertz CT molecular complexity index is 49.7. The SMILES string of the molecule is [2H]C(C)(CO)CBr. The summed E-state index contributed by atoms with van der Waals surface area (Å²) in [5, 5.41) is 8.90. The molecule has 1 nitrogen and oxygen atoms in total. The molecule has 38 valence electrons. The van der Waals surface area contributed by atoms with Gasteiger partial charge in [0, 0.05) is 13.3 Å². The molecule has 0 heterocycles. The highest BCUT2D eigenvalue weighted by atomic mass is 79.9. The molecule has 0 rings (SSSR count). The molecule has 2 heteroatoms. The lowest BCUT2D eigenvalue weighted by Gasteiger charge is -1.96. The minimum Gasteiger partial charge on any atom is -0.396 e. The summed E-state index contributed by atoms with van der Waals surface area (Å²) in [5.74, 6) is -0.694. The molecular weight excluding hydrogens is 144 g/mol. The van der Waals surface area contributed by atoms with Crippen LogP contribution in [0.5, 0.6) is 0 Å². The van der Waals surface area contributed by atoms with E-state index in [2.05, 4.69) is 15.9 Å². The summed E-state index contributed by atoms with van der Waals surface area (Å²) in [6.07, 6.45) is 0. The number of halogens is 1. The van der Waals surface area contributed by atoms with Gasteiger partial charge in [0.1, 0.15) is 0 Å². The van der Waals surface area contributed by atoms with Crippen LogP contribution < -0.4 is 0 Å². The second-order valence-corrected chi connectivity index (χ2v) is 1.81. The Morgan fingerprint density at radius 1 is 2.17 bits per heavy atom. The van der Waals surface area contributed by atoms with Gasteiger partial charge in [0.2, 0.25) is 0 Å². The molecule has 0 spiro atoms. The fourth-order valence-electron chi connectivity index (χ4n) is 0.0423. The fourth-order valence-corrected chi connectivity index (χ4v) is 0.220. The van der Waals surface area contributed by atoms with Crippen LogP contribution in [0.2, 0.25) is 0 Å². The summed E-state index contributed by atoms with van der Waals surface area (Å²) in [6.45, 7) is 1.58. The van der Waals surface area contributed by atoms with Crippen LogP contribution >= 0.6 is 15.9 Å². The van der Waals surface area contributed by atoms with Crippen molar-refractivity contribution in [2.45, 2.75) is 6.92 Å². The molecule has 1 unspecified atom stereocenters. The largest absolute Gasteiger partial charge is 0.396 e. The predicted molar refractivity (Wildman–Crippen MR) is 30.0 cm³/mol. The van der Waals surface area contributed by atoms with E-state index < -0.39 is 5.89 Å². The molecule has 6 heavy (non-hydrogen) atoms. The van der Waals surface area contributed by atoms with Crippen molar-refractivity contribution in [3.05, 3.63) is 0 Å². The number of alkyl halides is 1. The maximum absolute atomic E-state index is 8.38. The Morgan fingerprint density at radius 2 is 2.67 bits per heavy atom. The fraction of sp³-hybridized carbons (Fsp3) is 1.00. The van der Waals surface area contributed by atoms with Crippen molar-refractivity contribution in [3.8, 4) is 0 Å². The molecule has 0 radical (unpaired) electrons. The van der Waals surface area contributed by atoms with Gasteiger partial charge in [-0.1, -0.05) is 22.9 Å². The van der Waals surface area contributed by atoms with Crippen molar-refractivity contribution < 1.29 is 6.48 Å². The van der Waals surface area contributed by atoms with Gasteiger partial charge in [0.15, 0.2) is 0 Å². The van der Waals surface area contributed by atoms with Crippen molar-refractivity contribution in [2.75, 3.05) is 11.9 Å². The van der Waals surface area contributed by atoms with E-state index in [1.54, 1.807) is 6.92 Å². The second kappa shape index (κ2) is 3.62. The molecular formula is C4H9BrO. The molecule has 0 saturated heterocycles. The lowest BCUT2D eigenvalue weighted by Crippen LogP contribution is -1.99. The van der Waals surface area contributed by atoms with Crippen molar-refractivity contribution in [1.82, 2.24) is 0 Å². The highest BCUT2D eigenvalue weighted by Crippen LogP contribution is 1.95. The third-order valence-electron chi connectivity index (χ3n) is 0.498. The van der Waals surface area contributed by atoms with Gasteiger partial charge in [-0.05, 0) is 5.89 Å². The van der Waals surface area contributed by atoms with E-state index in [0.29, 0.717) is 5.33 Å². The van der Waals surface area contributed by atoms with E-state index >= 15 is 0 Å². The maximum atomic E-state index is 8.38. The maximum Gasteiger partial charge on any atom is 0.0464 e. The minimum absolute atomic E-state index is 0.0851. The van der Waals surface area contributed by atoms with Crippen LogP contribution in [0.15, 0.2) is 0 Å². The summed E-state index contributed by atoms with van der Waals surface area (Å²) in [7, 11) is 0. The van der Waals surface area contributed by atoms with Gasteiger partial charge >= 0.3 is 0 Å². The van der Waals surface area contributed by atoms with Crippen LogP contribution in [-0.4, -0.2) is 17.0 Å². The molecule has 0 amide bonds. The second-order valence-electron chi connectivity index (χ2n) is 1.25. The first-order valence-corrected chi connectivity index (χ1v) is 2.91. The Labute approximate surface area is 47.9 Å². The number of rotatable bonds is 2. The summed E-state index contributed by atoms with van der Waals surface area (Å²) in [6, 6.07) is 0. The van der Waals surface area contributed by atoms with E-state index in [0.717, 1.165) is 0 Å². The average Bonchev–Trinajstić information content (AvgIpc) is 1.68. The highest BCUT2D eigenvalue weighted by Gasteiger charge is 1.91. The first-order valence-electron chi connectivity index (χ1n) is 2.29. The normalized spacial score (nSPS) is 22.2. The Balaban J connectivity index is 3.36. The van der Waals surface area contributed by atoms with Gasteiger partial charge in [-0.3, -0.25) is 0 Å². The molecule has 0 fully saturated rings. The van der Waals surface area contributed by atoms with E-state index in [9.17, 15) is 0 Å². The standard InChI is InChI=1S/C4H9BrO/c1-4(2-5)3-6/h4,6H,2-3H2,1H3/i4D. The van der Waals surface area contributed by atoms with Crippen LogP contribution in [0.1, 0.15) is 8.29 Å². The molecule has 1 N–H and O–H groups in total. The van der Waals surface area contributed by atoms with Gasteiger partial charge in [0.25, 0.3) is 0 Å². The van der Waals surface area contributed by atoms with Gasteiger partial charge < -0.3 is 5.11 Å². The van der Waals surface area contributed by atoms with E-state index in [1.807, 2.05) is 0 Å². The first kappa shape index (κ1) is 4.60. The zero-order valence-corrected chi connectivity index (χ0v) is 5.33. The van der Waals surface area contributed by atoms with Gasteiger partial charge in [-0.15, -0.1) is 0 Å². The van der Waals surface area contributed by atoms with Crippen molar-refractivity contribution in [2.24, 2.45) is 5.89 Å². The molecule has 0 aliphatic heterocycles. The zero-order chi connectivity index (χ0) is 5.91. The molecule has 0 aromatic rings. The average molecular weight is 154 g/mol. The number of hydrogen-bond acceptors (Lipinski definition) is 1. The predicted octanol–water partition coefficient (Wildman–Crippen LogP) is 1.01. The smallest absolute Gasteiger partial charge is 0.0464 e. The van der Waals surface area contributed by atoms with E-state index in [4.69, 9.17) is 6.48 Å². The van der Waals surface area contributed by atoms with Gasteiger partial charge in [-0.25, -0.2) is 0 Å².